The molecule has 0 saturated carbocycles. The molecule has 0 heterocycles. The molecule has 4 heteroatoms. The van der Waals surface area contributed by atoms with E-state index < -0.39 is 6.10 Å². The van der Waals surface area contributed by atoms with Crippen LogP contribution in [0.5, 0.6) is 0 Å². The van der Waals surface area contributed by atoms with Gasteiger partial charge in [0.1, 0.15) is 6.10 Å². The summed E-state index contributed by atoms with van der Waals surface area (Å²) in [5.41, 5.74) is 2.85. The van der Waals surface area contributed by atoms with E-state index in [2.05, 4.69) is 47.8 Å². The van der Waals surface area contributed by atoms with Crippen LogP contribution in [-0.4, -0.2) is 5.11 Å². The minimum Gasteiger partial charge on any atom is -0.384 e. The highest BCUT2D eigenvalue weighted by molar-refractivity contribution is 9.11. The largest absolute Gasteiger partial charge is 0.384 e. The molecular weight excluding hydrogens is 424 g/mol. The van der Waals surface area contributed by atoms with E-state index in [4.69, 9.17) is 0 Å². The van der Waals surface area contributed by atoms with Crippen LogP contribution in [0.4, 0.5) is 0 Å². The lowest BCUT2D eigenvalue weighted by Crippen LogP contribution is -2.01. The Balaban J connectivity index is 2.46. The van der Waals surface area contributed by atoms with Crippen molar-refractivity contribution >= 4 is 47.8 Å². The highest BCUT2D eigenvalue weighted by Crippen LogP contribution is 2.33. The van der Waals surface area contributed by atoms with E-state index in [1.165, 1.54) is 0 Å². The molecule has 0 aromatic heterocycles. The van der Waals surface area contributed by atoms with Crippen LogP contribution in [-0.2, 0) is 0 Å². The monoisotopic (exact) mass is 432 g/mol. The van der Waals surface area contributed by atoms with E-state index in [1.54, 1.807) is 0 Å². The van der Waals surface area contributed by atoms with Gasteiger partial charge < -0.3 is 5.11 Å². The lowest BCUT2D eigenvalue weighted by molar-refractivity contribution is 0.219. The van der Waals surface area contributed by atoms with Crippen molar-refractivity contribution in [3.05, 3.63) is 66.5 Å². The van der Waals surface area contributed by atoms with Gasteiger partial charge in [-0.3, -0.25) is 0 Å². The number of aryl methyl sites for hydroxylation is 1. The number of aliphatic hydroxyl groups is 1. The second-order valence-electron chi connectivity index (χ2n) is 4.08. The molecule has 0 fully saturated rings. The maximum atomic E-state index is 10.4. The number of rotatable bonds is 2. The van der Waals surface area contributed by atoms with Crippen LogP contribution in [0.1, 0.15) is 22.8 Å². The van der Waals surface area contributed by atoms with Gasteiger partial charge in [0.2, 0.25) is 0 Å². The summed E-state index contributed by atoms with van der Waals surface area (Å²) in [6.07, 6.45) is -0.645. The van der Waals surface area contributed by atoms with Gasteiger partial charge in [-0.25, -0.2) is 0 Å². The zero-order valence-corrected chi connectivity index (χ0v) is 14.4. The van der Waals surface area contributed by atoms with Crippen LogP contribution < -0.4 is 0 Å². The molecule has 1 nitrogen and oxygen atoms in total. The second kappa shape index (κ2) is 5.87. The summed E-state index contributed by atoms with van der Waals surface area (Å²) in [7, 11) is 0. The van der Waals surface area contributed by atoms with Crippen molar-refractivity contribution in [2.45, 2.75) is 13.0 Å². The van der Waals surface area contributed by atoms with Gasteiger partial charge in [-0.15, -0.1) is 0 Å². The molecule has 0 aliphatic carbocycles. The summed E-state index contributed by atoms with van der Waals surface area (Å²) in [4.78, 5) is 0. The molecule has 0 aliphatic heterocycles. The average molecular weight is 435 g/mol. The first-order valence-corrected chi connectivity index (χ1v) is 7.76. The molecule has 1 N–H and O–H groups in total. The molecule has 0 aliphatic rings. The predicted molar refractivity (Wildman–Crippen MR) is 84.8 cm³/mol. The predicted octanol–water partition coefficient (Wildman–Crippen LogP) is 5.36. The topological polar surface area (TPSA) is 20.2 Å². The molecule has 1 unspecified atom stereocenters. The van der Waals surface area contributed by atoms with Crippen molar-refractivity contribution < 1.29 is 5.11 Å². The Kier molecular flexibility index (Phi) is 4.64. The normalized spacial score (nSPS) is 12.5. The summed E-state index contributed by atoms with van der Waals surface area (Å²) in [5, 5.41) is 10.4. The van der Waals surface area contributed by atoms with Crippen molar-refractivity contribution in [2.24, 2.45) is 0 Å². The first kappa shape index (κ1) is 14.3. The third-order valence-electron chi connectivity index (χ3n) is 2.74. The number of halogens is 3. The Bertz CT molecular complexity index is 581. The van der Waals surface area contributed by atoms with Gasteiger partial charge in [0.15, 0.2) is 0 Å². The van der Waals surface area contributed by atoms with E-state index in [0.717, 1.165) is 30.1 Å². The third kappa shape index (κ3) is 3.05. The van der Waals surface area contributed by atoms with Gasteiger partial charge in [0.25, 0.3) is 0 Å². The fourth-order valence-electron chi connectivity index (χ4n) is 1.73. The number of hydrogen-bond acceptors (Lipinski definition) is 1. The van der Waals surface area contributed by atoms with Crippen LogP contribution in [0, 0.1) is 6.92 Å². The van der Waals surface area contributed by atoms with Crippen molar-refractivity contribution in [1.82, 2.24) is 0 Å². The van der Waals surface area contributed by atoms with E-state index in [-0.39, 0.29) is 0 Å². The molecule has 2 aromatic rings. The van der Waals surface area contributed by atoms with Crippen molar-refractivity contribution in [3.8, 4) is 0 Å². The Hall–Kier alpha value is -0.160. The fraction of sp³-hybridized carbons (Fsp3) is 0.143. The van der Waals surface area contributed by atoms with Crippen LogP contribution in [0.3, 0.4) is 0 Å². The van der Waals surface area contributed by atoms with Gasteiger partial charge in [-0.2, -0.15) is 0 Å². The number of benzene rings is 2. The van der Waals surface area contributed by atoms with Crippen LogP contribution in [0.15, 0.2) is 49.8 Å². The van der Waals surface area contributed by atoms with E-state index in [0.29, 0.717) is 0 Å². The van der Waals surface area contributed by atoms with Crippen LogP contribution in [0.25, 0.3) is 0 Å². The molecule has 94 valence electrons. The molecule has 18 heavy (non-hydrogen) atoms. The summed E-state index contributed by atoms with van der Waals surface area (Å²) in [5.74, 6) is 0. The zero-order valence-electron chi connectivity index (χ0n) is 9.62. The summed E-state index contributed by atoms with van der Waals surface area (Å²) >= 11 is 10.4. The quantitative estimate of drug-likeness (QED) is 0.674. The van der Waals surface area contributed by atoms with Crippen LogP contribution in [0.2, 0.25) is 0 Å². The zero-order chi connectivity index (χ0) is 13.3. The van der Waals surface area contributed by atoms with Crippen LogP contribution >= 0.6 is 47.8 Å². The lowest BCUT2D eigenvalue weighted by atomic mass is 10.0. The first-order valence-electron chi connectivity index (χ1n) is 5.38. The highest BCUT2D eigenvalue weighted by atomic mass is 79.9. The Morgan fingerprint density at radius 2 is 1.72 bits per heavy atom. The Morgan fingerprint density at radius 1 is 1.00 bits per heavy atom. The van der Waals surface area contributed by atoms with E-state index in [1.807, 2.05) is 43.3 Å². The molecule has 0 bridgehead atoms. The third-order valence-corrected chi connectivity index (χ3v) is 4.77. The van der Waals surface area contributed by atoms with E-state index in [9.17, 15) is 5.11 Å². The van der Waals surface area contributed by atoms with E-state index >= 15 is 0 Å². The Labute approximate surface area is 132 Å². The maximum absolute atomic E-state index is 10.4. The molecule has 2 rings (SSSR count). The minimum absolute atomic E-state index is 0.645. The average Bonchev–Trinajstić information content (AvgIpc) is 2.33. The molecule has 0 saturated heterocycles. The lowest BCUT2D eigenvalue weighted by Gasteiger charge is -2.15. The summed E-state index contributed by atoms with van der Waals surface area (Å²) < 4.78 is 2.87. The highest BCUT2D eigenvalue weighted by Gasteiger charge is 2.15. The van der Waals surface area contributed by atoms with Crippen molar-refractivity contribution in [2.75, 3.05) is 0 Å². The van der Waals surface area contributed by atoms with Gasteiger partial charge in [-0.05, 0) is 42.3 Å². The van der Waals surface area contributed by atoms with Gasteiger partial charge in [-0.1, -0.05) is 59.9 Å². The van der Waals surface area contributed by atoms with Gasteiger partial charge >= 0.3 is 0 Å². The Morgan fingerprint density at radius 3 is 2.39 bits per heavy atom. The maximum Gasteiger partial charge on any atom is 0.105 e. The smallest absolute Gasteiger partial charge is 0.105 e. The first-order chi connectivity index (χ1) is 8.49. The minimum atomic E-state index is -0.645. The summed E-state index contributed by atoms with van der Waals surface area (Å²) in [6, 6.07) is 11.6. The fourth-order valence-corrected chi connectivity index (χ4v) is 3.18. The number of hydrogen-bond donors (Lipinski definition) is 1. The summed E-state index contributed by atoms with van der Waals surface area (Å²) in [6.45, 7) is 2.02. The second-order valence-corrected chi connectivity index (χ2v) is 6.70. The molecular formula is C14H11Br3O. The van der Waals surface area contributed by atoms with Crippen molar-refractivity contribution in [1.29, 1.82) is 0 Å². The molecule has 1 atom stereocenters. The molecule has 0 amide bonds. The molecule has 0 radical (unpaired) electrons. The van der Waals surface area contributed by atoms with Gasteiger partial charge in [0, 0.05) is 19.0 Å². The standard InChI is InChI=1S/C14H11Br3O/c1-8-5-13(17)11(7-12(8)16)14(18)9-3-2-4-10(15)6-9/h2-7,14,18H,1H3. The van der Waals surface area contributed by atoms with Crippen molar-refractivity contribution in [3.63, 3.8) is 0 Å². The number of aliphatic hydroxyl groups excluding tert-OH is 1. The molecule has 0 spiro atoms. The van der Waals surface area contributed by atoms with Gasteiger partial charge in [0.05, 0.1) is 0 Å². The molecule has 2 aromatic carbocycles. The SMILES string of the molecule is Cc1cc(Br)c(C(O)c2cccc(Br)c2)cc1Br.